The zero-order valence-electron chi connectivity index (χ0n) is 8.25. The third kappa shape index (κ3) is 2.77. The Morgan fingerprint density at radius 2 is 2.00 bits per heavy atom. The normalized spacial score (nSPS) is 19.6. The molecule has 1 rings (SSSR count). The molecule has 0 aromatic rings. The van der Waals surface area contributed by atoms with E-state index >= 15 is 0 Å². The highest BCUT2D eigenvalue weighted by Gasteiger charge is 2.13. The Kier molecular flexibility index (Phi) is 4.53. The molecule has 0 bridgehead atoms. The van der Waals surface area contributed by atoms with Crippen molar-refractivity contribution < 1.29 is 0 Å². The molecule has 78 valence electrons. The van der Waals surface area contributed by atoms with E-state index in [2.05, 4.69) is 16.5 Å². The van der Waals surface area contributed by atoms with Gasteiger partial charge in [0.05, 0.1) is 12.0 Å². The third-order valence-corrected chi connectivity index (χ3v) is 2.58. The highest BCUT2D eigenvalue weighted by atomic mass is 35.5. The fourth-order valence-electron chi connectivity index (χ4n) is 1.61. The Balaban J connectivity index is 2.78. The molecule has 0 amide bonds. The van der Waals surface area contributed by atoms with Gasteiger partial charge in [-0.15, -0.1) is 0 Å². The number of hydrogen-bond acceptors (Lipinski definition) is 2. The maximum absolute atomic E-state index is 5.97. The van der Waals surface area contributed by atoms with Gasteiger partial charge in [0.15, 0.2) is 5.16 Å². The summed E-state index contributed by atoms with van der Waals surface area (Å²) in [5.74, 6) is 0. The first kappa shape index (κ1) is 11.1. The van der Waals surface area contributed by atoms with Crippen molar-refractivity contribution in [2.24, 2.45) is 10.7 Å². The topological polar surface area (TPSA) is 41.6 Å². The number of aliphatic imine (C=N–C) groups is 1. The van der Waals surface area contributed by atoms with Crippen molar-refractivity contribution in [3.8, 4) is 0 Å². The second-order valence-electron chi connectivity index (χ2n) is 3.21. The Morgan fingerprint density at radius 3 is 2.50 bits per heavy atom. The fraction of sp³-hybridized carbons (Fsp3) is 0.500. The summed E-state index contributed by atoms with van der Waals surface area (Å²) in [5.41, 5.74) is 6.07. The molecule has 0 aliphatic carbocycles. The summed E-state index contributed by atoms with van der Waals surface area (Å²) in [6, 6.07) is 0. The molecule has 0 atom stereocenters. The zero-order chi connectivity index (χ0) is 10.4. The van der Waals surface area contributed by atoms with Crippen LogP contribution in [0.2, 0.25) is 0 Å². The maximum atomic E-state index is 5.97. The molecule has 0 saturated carbocycles. The minimum absolute atomic E-state index is 0.421. The lowest BCUT2D eigenvalue weighted by atomic mass is 10.1. The van der Waals surface area contributed by atoms with E-state index in [1.54, 1.807) is 6.08 Å². The Morgan fingerprint density at radius 1 is 1.36 bits per heavy atom. The van der Waals surface area contributed by atoms with Crippen LogP contribution in [0.25, 0.3) is 0 Å². The quantitative estimate of drug-likeness (QED) is 0.338. The predicted octanol–water partition coefficient (Wildman–Crippen LogP) is 2.05. The van der Waals surface area contributed by atoms with E-state index in [9.17, 15) is 0 Å². The molecular weight excluding hydrogens is 198 g/mol. The van der Waals surface area contributed by atoms with E-state index in [1.807, 2.05) is 0 Å². The average molecular weight is 214 g/mol. The van der Waals surface area contributed by atoms with Gasteiger partial charge in [0.2, 0.25) is 0 Å². The second-order valence-corrected chi connectivity index (χ2v) is 3.56. The molecule has 1 heterocycles. The highest BCUT2D eigenvalue weighted by molar-refractivity contribution is 6.30. The predicted molar refractivity (Wildman–Crippen MR) is 61.2 cm³/mol. The van der Waals surface area contributed by atoms with Crippen molar-refractivity contribution in [1.29, 1.82) is 0 Å². The molecule has 1 saturated heterocycles. The fourth-order valence-corrected chi connectivity index (χ4v) is 1.86. The Hall–Kier alpha value is -0.960. The molecule has 2 N–H and O–H groups in total. The van der Waals surface area contributed by atoms with Crippen LogP contribution in [-0.4, -0.2) is 24.3 Å². The smallest absolute Gasteiger partial charge is 0.154 e. The lowest BCUT2D eigenvalue weighted by Gasteiger charge is -2.29. The van der Waals surface area contributed by atoms with Gasteiger partial charge < -0.3 is 10.6 Å². The minimum atomic E-state index is 0.421. The Labute approximate surface area is 89.9 Å². The van der Waals surface area contributed by atoms with Crippen LogP contribution in [0.5, 0.6) is 0 Å². The van der Waals surface area contributed by atoms with Crippen LogP contribution < -0.4 is 5.73 Å². The van der Waals surface area contributed by atoms with Crippen molar-refractivity contribution >= 4 is 17.9 Å². The molecule has 0 spiro atoms. The van der Waals surface area contributed by atoms with Crippen LogP contribution in [0.1, 0.15) is 19.3 Å². The van der Waals surface area contributed by atoms with Gasteiger partial charge in [-0.3, -0.25) is 0 Å². The largest absolute Gasteiger partial charge is 0.390 e. The summed E-state index contributed by atoms with van der Waals surface area (Å²) in [4.78, 5) is 6.06. The van der Waals surface area contributed by atoms with Crippen LogP contribution >= 0.6 is 11.6 Å². The molecule has 0 radical (unpaired) electrons. The van der Waals surface area contributed by atoms with Gasteiger partial charge in [-0.2, -0.15) is 0 Å². The van der Waals surface area contributed by atoms with Gasteiger partial charge in [0.25, 0.3) is 0 Å². The first-order chi connectivity index (χ1) is 6.79. The molecule has 0 aromatic carbocycles. The summed E-state index contributed by atoms with van der Waals surface area (Å²) in [6.07, 6.45) is 6.64. The number of allylic oxidation sites excluding steroid dienone is 1. The van der Waals surface area contributed by atoms with E-state index in [1.165, 1.54) is 25.6 Å². The van der Waals surface area contributed by atoms with Crippen molar-refractivity contribution in [1.82, 2.24) is 4.90 Å². The number of rotatable bonds is 3. The highest BCUT2D eigenvalue weighted by Crippen LogP contribution is 2.20. The van der Waals surface area contributed by atoms with Gasteiger partial charge in [-0.25, -0.2) is 4.99 Å². The van der Waals surface area contributed by atoms with E-state index in [4.69, 9.17) is 17.3 Å². The van der Waals surface area contributed by atoms with E-state index < -0.39 is 0 Å². The maximum Gasteiger partial charge on any atom is 0.154 e. The Bertz CT molecular complexity index is 252. The van der Waals surface area contributed by atoms with Crippen LogP contribution in [0.15, 0.2) is 28.5 Å². The van der Waals surface area contributed by atoms with Crippen LogP contribution in [-0.2, 0) is 0 Å². The van der Waals surface area contributed by atoms with E-state index in [-0.39, 0.29) is 0 Å². The summed E-state index contributed by atoms with van der Waals surface area (Å²) >= 11 is 5.97. The molecular formula is C10H16ClN3. The SMILES string of the molecule is C=C/C(=C(Cl)\N=C/N)N1CCCCC1. The molecule has 4 heteroatoms. The first-order valence-electron chi connectivity index (χ1n) is 4.81. The van der Waals surface area contributed by atoms with Crippen molar-refractivity contribution in [2.75, 3.05) is 13.1 Å². The summed E-state index contributed by atoms with van der Waals surface area (Å²) in [5, 5.41) is 0.421. The molecule has 1 aliphatic rings. The molecule has 1 aliphatic heterocycles. The van der Waals surface area contributed by atoms with Crippen molar-refractivity contribution in [3.63, 3.8) is 0 Å². The van der Waals surface area contributed by atoms with Crippen LogP contribution in [0.4, 0.5) is 0 Å². The van der Waals surface area contributed by atoms with Crippen molar-refractivity contribution in [3.05, 3.63) is 23.5 Å². The zero-order valence-corrected chi connectivity index (χ0v) is 9.00. The number of nitrogens with two attached hydrogens (primary N) is 1. The summed E-state index contributed by atoms with van der Waals surface area (Å²) in [7, 11) is 0. The molecule has 1 fully saturated rings. The summed E-state index contributed by atoms with van der Waals surface area (Å²) in [6.45, 7) is 5.79. The first-order valence-corrected chi connectivity index (χ1v) is 5.19. The average Bonchev–Trinajstić information content (AvgIpc) is 2.21. The minimum Gasteiger partial charge on any atom is -0.390 e. The van der Waals surface area contributed by atoms with Crippen molar-refractivity contribution in [2.45, 2.75) is 19.3 Å². The monoisotopic (exact) mass is 213 g/mol. The molecule has 3 nitrogen and oxygen atoms in total. The molecule has 0 aromatic heterocycles. The van der Waals surface area contributed by atoms with Gasteiger partial charge in [0, 0.05) is 13.1 Å². The van der Waals surface area contributed by atoms with E-state index in [0.717, 1.165) is 18.8 Å². The number of halogens is 1. The number of hydrogen-bond donors (Lipinski definition) is 1. The van der Waals surface area contributed by atoms with Crippen LogP contribution in [0, 0.1) is 0 Å². The lowest BCUT2D eigenvalue weighted by Crippen LogP contribution is -2.28. The van der Waals surface area contributed by atoms with Gasteiger partial charge in [-0.1, -0.05) is 18.2 Å². The number of piperidine rings is 1. The second kappa shape index (κ2) is 5.70. The summed E-state index contributed by atoms with van der Waals surface area (Å²) < 4.78 is 0. The van der Waals surface area contributed by atoms with Gasteiger partial charge in [0.1, 0.15) is 0 Å². The molecule has 14 heavy (non-hydrogen) atoms. The third-order valence-electron chi connectivity index (χ3n) is 2.29. The van der Waals surface area contributed by atoms with Gasteiger partial charge >= 0.3 is 0 Å². The molecule has 0 unspecified atom stereocenters. The van der Waals surface area contributed by atoms with Crippen LogP contribution in [0.3, 0.4) is 0 Å². The standard InChI is InChI=1S/C10H16ClN3/c1-2-9(10(11)13-8-12)14-6-4-3-5-7-14/h2,8H,1,3-7H2,(H2,12,13)/b10-9+. The van der Waals surface area contributed by atoms with Gasteiger partial charge in [-0.05, 0) is 25.3 Å². The number of likely N-dealkylation sites (tertiary alicyclic amines) is 1. The lowest BCUT2D eigenvalue weighted by molar-refractivity contribution is 0.292. The number of nitrogens with zero attached hydrogens (tertiary/aromatic N) is 2. The van der Waals surface area contributed by atoms with E-state index in [0.29, 0.717) is 5.16 Å².